The zero-order valence-electron chi connectivity index (χ0n) is 20.2. The number of para-hydroxylation sites is 2. The Morgan fingerprint density at radius 3 is 2.23 bits per heavy atom. The standard InChI is InChI=1S/C27H30N4O3S/c1-18(2)26(33)31-14-12-30(13-15-31)23-11-7-6-10-22(23)28-27(35)29-25(32)21-16-19-8-4-5-9-20(19)17-24(21)34-3/h4-11,16-18H,12-15H2,1-3H3,(H2,28,29,32,35). The van der Waals surface area contributed by atoms with Gasteiger partial charge in [0.25, 0.3) is 5.91 Å². The van der Waals surface area contributed by atoms with Crippen molar-refractivity contribution in [3.05, 3.63) is 66.2 Å². The van der Waals surface area contributed by atoms with Crippen LogP contribution in [0.2, 0.25) is 0 Å². The predicted molar refractivity (Wildman–Crippen MR) is 144 cm³/mol. The first-order chi connectivity index (χ1) is 16.9. The molecule has 1 aliphatic rings. The molecule has 1 aliphatic heterocycles. The highest BCUT2D eigenvalue weighted by atomic mass is 32.1. The molecule has 35 heavy (non-hydrogen) atoms. The Bertz CT molecular complexity index is 1250. The Labute approximate surface area is 211 Å². The highest BCUT2D eigenvalue weighted by Crippen LogP contribution is 2.28. The summed E-state index contributed by atoms with van der Waals surface area (Å²) in [6, 6.07) is 19.3. The number of nitrogens with one attached hydrogen (secondary N) is 2. The first kappa shape index (κ1) is 24.5. The summed E-state index contributed by atoms with van der Waals surface area (Å²) in [5, 5.41) is 8.08. The average molecular weight is 491 g/mol. The van der Waals surface area contributed by atoms with E-state index in [0.29, 0.717) is 24.4 Å². The fourth-order valence-electron chi connectivity index (χ4n) is 4.28. The van der Waals surface area contributed by atoms with E-state index in [9.17, 15) is 9.59 Å². The zero-order chi connectivity index (χ0) is 24.9. The summed E-state index contributed by atoms with van der Waals surface area (Å²) in [4.78, 5) is 29.5. The molecular weight excluding hydrogens is 460 g/mol. The third-order valence-corrected chi connectivity index (χ3v) is 6.32. The number of ether oxygens (including phenoxy) is 1. The summed E-state index contributed by atoms with van der Waals surface area (Å²) in [5.74, 6) is 0.323. The number of nitrogens with zero attached hydrogens (tertiary/aromatic N) is 2. The third kappa shape index (κ3) is 5.54. The molecule has 0 atom stereocenters. The molecule has 0 spiro atoms. The monoisotopic (exact) mass is 490 g/mol. The van der Waals surface area contributed by atoms with Gasteiger partial charge in [-0.2, -0.15) is 0 Å². The summed E-state index contributed by atoms with van der Waals surface area (Å²) in [6.07, 6.45) is 0. The number of carbonyl (C=O) groups is 2. The molecule has 0 bridgehead atoms. The predicted octanol–water partition coefficient (Wildman–Crippen LogP) is 4.28. The number of amides is 2. The van der Waals surface area contributed by atoms with E-state index in [1.54, 1.807) is 13.2 Å². The van der Waals surface area contributed by atoms with Gasteiger partial charge >= 0.3 is 0 Å². The second-order valence-corrected chi connectivity index (χ2v) is 9.20. The molecule has 8 heteroatoms. The number of hydrogen-bond acceptors (Lipinski definition) is 5. The molecule has 3 aromatic carbocycles. The molecule has 0 saturated carbocycles. The molecule has 4 rings (SSSR count). The van der Waals surface area contributed by atoms with Crippen LogP contribution in [0.3, 0.4) is 0 Å². The second kappa shape index (κ2) is 10.7. The van der Waals surface area contributed by atoms with Crippen LogP contribution < -0.4 is 20.3 Å². The summed E-state index contributed by atoms with van der Waals surface area (Å²) in [5.41, 5.74) is 2.19. The van der Waals surface area contributed by atoms with Crippen molar-refractivity contribution in [2.45, 2.75) is 13.8 Å². The Kier molecular flexibility index (Phi) is 7.51. The number of rotatable bonds is 5. The molecule has 1 heterocycles. The van der Waals surface area contributed by atoms with E-state index < -0.39 is 0 Å². The van der Waals surface area contributed by atoms with Gasteiger partial charge in [-0.15, -0.1) is 0 Å². The molecule has 2 N–H and O–H groups in total. The topological polar surface area (TPSA) is 73.9 Å². The second-order valence-electron chi connectivity index (χ2n) is 8.79. The van der Waals surface area contributed by atoms with Gasteiger partial charge in [-0.1, -0.05) is 50.2 Å². The van der Waals surface area contributed by atoms with Gasteiger partial charge in [0.15, 0.2) is 5.11 Å². The molecule has 0 radical (unpaired) electrons. The van der Waals surface area contributed by atoms with E-state index >= 15 is 0 Å². The fourth-order valence-corrected chi connectivity index (χ4v) is 4.48. The van der Waals surface area contributed by atoms with Crippen LogP contribution in [0.25, 0.3) is 10.8 Å². The maximum atomic E-state index is 13.0. The molecule has 0 aromatic heterocycles. The van der Waals surface area contributed by atoms with Crippen molar-refractivity contribution in [1.82, 2.24) is 10.2 Å². The van der Waals surface area contributed by atoms with Crippen molar-refractivity contribution in [2.24, 2.45) is 5.92 Å². The molecule has 0 unspecified atom stereocenters. The van der Waals surface area contributed by atoms with Crippen molar-refractivity contribution < 1.29 is 14.3 Å². The van der Waals surface area contributed by atoms with Crippen LogP contribution in [0.4, 0.5) is 11.4 Å². The smallest absolute Gasteiger partial charge is 0.261 e. The first-order valence-corrected chi connectivity index (χ1v) is 12.1. The lowest BCUT2D eigenvalue weighted by Crippen LogP contribution is -2.50. The normalized spacial score (nSPS) is 13.6. The Morgan fingerprint density at radius 1 is 0.943 bits per heavy atom. The lowest BCUT2D eigenvalue weighted by atomic mass is 10.1. The minimum atomic E-state index is -0.344. The average Bonchev–Trinajstić information content (AvgIpc) is 2.87. The van der Waals surface area contributed by atoms with Gasteiger partial charge in [-0.05, 0) is 47.3 Å². The number of anilines is 2. The molecule has 182 valence electrons. The van der Waals surface area contributed by atoms with E-state index in [2.05, 4.69) is 15.5 Å². The molecule has 0 aliphatic carbocycles. The molecule has 7 nitrogen and oxygen atoms in total. The van der Waals surface area contributed by atoms with Gasteiger partial charge in [-0.25, -0.2) is 0 Å². The molecule has 1 fully saturated rings. The Morgan fingerprint density at radius 2 is 1.57 bits per heavy atom. The highest BCUT2D eigenvalue weighted by Gasteiger charge is 2.24. The summed E-state index contributed by atoms with van der Waals surface area (Å²) in [7, 11) is 1.54. The summed E-state index contributed by atoms with van der Waals surface area (Å²) in [6.45, 7) is 6.66. The van der Waals surface area contributed by atoms with Crippen molar-refractivity contribution in [3.8, 4) is 5.75 Å². The van der Waals surface area contributed by atoms with E-state index in [1.165, 1.54) is 0 Å². The zero-order valence-corrected chi connectivity index (χ0v) is 21.0. The van der Waals surface area contributed by atoms with Crippen molar-refractivity contribution in [1.29, 1.82) is 0 Å². The van der Waals surface area contributed by atoms with Crippen LogP contribution in [0, 0.1) is 5.92 Å². The van der Waals surface area contributed by atoms with Gasteiger partial charge in [-0.3, -0.25) is 14.9 Å². The number of piperazine rings is 1. The van der Waals surface area contributed by atoms with E-state index in [4.69, 9.17) is 17.0 Å². The van der Waals surface area contributed by atoms with Gasteiger partial charge in [0.1, 0.15) is 5.75 Å². The van der Waals surface area contributed by atoms with Crippen LogP contribution >= 0.6 is 12.2 Å². The molecular formula is C27H30N4O3S. The van der Waals surface area contributed by atoms with Crippen LogP contribution in [0.5, 0.6) is 5.75 Å². The number of methoxy groups -OCH3 is 1. The van der Waals surface area contributed by atoms with Crippen molar-refractivity contribution in [2.75, 3.05) is 43.5 Å². The lowest BCUT2D eigenvalue weighted by Gasteiger charge is -2.37. The maximum Gasteiger partial charge on any atom is 0.261 e. The minimum Gasteiger partial charge on any atom is -0.496 e. The number of thiocarbonyl (C=S) groups is 1. The van der Waals surface area contributed by atoms with Crippen molar-refractivity contribution in [3.63, 3.8) is 0 Å². The number of carbonyl (C=O) groups excluding carboxylic acids is 2. The summed E-state index contributed by atoms with van der Waals surface area (Å²) < 4.78 is 5.45. The fraction of sp³-hybridized carbons (Fsp3) is 0.296. The van der Waals surface area contributed by atoms with Gasteiger partial charge in [0.05, 0.1) is 24.0 Å². The maximum absolute atomic E-state index is 13.0. The van der Waals surface area contributed by atoms with E-state index in [-0.39, 0.29) is 22.8 Å². The Hall–Kier alpha value is -3.65. The molecule has 2 amide bonds. The van der Waals surface area contributed by atoms with Crippen LogP contribution in [-0.2, 0) is 4.79 Å². The van der Waals surface area contributed by atoms with E-state index in [1.807, 2.05) is 73.3 Å². The van der Waals surface area contributed by atoms with Crippen LogP contribution in [0.15, 0.2) is 60.7 Å². The highest BCUT2D eigenvalue weighted by molar-refractivity contribution is 7.80. The van der Waals surface area contributed by atoms with Crippen LogP contribution in [-0.4, -0.2) is 55.1 Å². The minimum absolute atomic E-state index is 0.00212. The first-order valence-electron chi connectivity index (χ1n) is 11.7. The summed E-state index contributed by atoms with van der Waals surface area (Å²) >= 11 is 5.48. The quantitative estimate of drug-likeness (QED) is 0.520. The van der Waals surface area contributed by atoms with Crippen LogP contribution in [0.1, 0.15) is 24.2 Å². The van der Waals surface area contributed by atoms with Crippen molar-refractivity contribution >= 4 is 51.3 Å². The van der Waals surface area contributed by atoms with Gasteiger partial charge in [0.2, 0.25) is 5.91 Å². The lowest BCUT2D eigenvalue weighted by molar-refractivity contribution is -0.134. The van der Waals surface area contributed by atoms with E-state index in [0.717, 1.165) is 35.2 Å². The molecule has 1 saturated heterocycles. The molecule has 3 aromatic rings. The SMILES string of the molecule is COc1cc2ccccc2cc1C(=O)NC(=S)Nc1ccccc1N1CCN(C(=O)C(C)C)CC1. The third-order valence-electron chi connectivity index (χ3n) is 6.12. The Balaban J connectivity index is 1.45. The number of fused-ring (bicyclic) bond motifs is 1. The van der Waals surface area contributed by atoms with Gasteiger partial charge < -0.3 is 19.9 Å². The largest absolute Gasteiger partial charge is 0.496 e. The van der Waals surface area contributed by atoms with Gasteiger partial charge in [0, 0.05) is 32.1 Å². The number of hydrogen-bond donors (Lipinski definition) is 2. The number of benzene rings is 3.